The molecule has 0 aliphatic rings. The number of rotatable bonds is 4. The first kappa shape index (κ1) is 13.8. The molecule has 0 fully saturated rings. The van der Waals surface area contributed by atoms with Gasteiger partial charge in [-0.2, -0.15) is 0 Å². The number of benzene rings is 2. The van der Waals surface area contributed by atoms with Crippen LogP contribution in [0.4, 0.5) is 10.1 Å². The van der Waals surface area contributed by atoms with E-state index in [1.165, 1.54) is 12.1 Å². The van der Waals surface area contributed by atoms with Gasteiger partial charge in [0, 0.05) is 12.2 Å². The number of thiocarbonyl (C=S) groups is 1. The van der Waals surface area contributed by atoms with Gasteiger partial charge in [-0.15, -0.1) is 0 Å². The normalized spacial score (nSPS) is 10.2. The highest BCUT2D eigenvalue weighted by Crippen LogP contribution is 2.24. The van der Waals surface area contributed by atoms with Gasteiger partial charge in [0.15, 0.2) is 0 Å². The number of hydrogen-bond acceptors (Lipinski definition) is 2. The van der Waals surface area contributed by atoms with Gasteiger partial charge in [-0.1, -0.05) is 42.0 Å². The summed E-state index contributed by atoms with van der Waals surface area (Å²) in [5, 5.41) is 3.66. The molecule has 19 heavy (non-hydrogen) atoms. The van der Waals surface area contributed by atoms with E-state index in [2.05, 4.69) is 5.32 Å². The monoisotopic (exact) mass is 294 g/mol. The van der Waals surface area contributed by atoms with Crippen LogP contribution in [0.5, 0.6) is 0 Å². The van der Waals surface area contributed by atoms with Crippen molar-refractivity contribution >= 4 is 34.5 Å². The van der Waals surface area contributed by atoms with Crippen LogP contribution in [0, 0.1) is 5.82 Å². The second-order valence-electron chi connectivity index (χ2n) is 4.01. The lowest BCUT2D eigenvalue weighted by Crippen LogP contribution is -2.14. The zero-order valence-corrected chi connectivity index (χ0v) is 11.6. The lowest BCUT2D eigenvalue weighted by atomic mass is 10.1. The Labute approximate surface area is 121 Å². The van der Waals surface area contributed by atoms with Gasteiger partial charge in [0.1, 0.15) is 10.8 Å². The Bertz CT molecular complexity index is 616. The Balaban J connectivity index is 2.20. The van der Waals surface area contributed by atoms with Crippen LogP contribution in [-0.4, -0.2) is 4.99 Å². The maximum Gasteiger partial charge on any atom is 0.123 e. The number of nitrogens with two attached hydrogens (primary N) is 1. The summed E-state index contributed by atoms with van der Waals surface area (Å²) in [6.45, 7) is 0.466. The van der Waals surface area contributed by atoms with Crippen molar-refractivity contribution in [2.75, 3.05) is 5.32 Å². The second kappa shape index (κ2) is 5.99. The van der Waals surface area contributed by atoms with Crippen LogP contribution in [-0.2, 0) is 6.54 Å². The van der Waals surface area contributed by atoms with Gasteiger partial charge in [0.25, 0.3) is 0 Å². The van der Waals surface area contributed by atoms with E-state index in [4.69, 9.17) is 29.6 Å². The SMILES string of the molecule is NC(=S)c1c(Cl)cccc1NCc1cccc(F)c1. The summed E-state index contributed by atoms with van der Waals surface area (Å²) in [6, 6.07) is 11.7. The second-order valence-corrected chi connectivity index (χ2v) is 4.86. The fraction of sp³-hybridized carbons (Fsp3) is 0.0714. The van der Waals surface area contributed by atoms with Crippen LogP contribution < -0.4 is 11.1 Å². The molecule has 0 radical (unpaired) electrons. The maximum absolute atomic E-state index is 13.1. The first-order valence-corrected chi connectivity index (χ1v) is 6.43. The fourth-order valence-electron chi connectivity index (χ4n) is 1.77. The maximum atomic E-state index is 13.1. The average molecular weight is 295 g/mol. The summed E-state index contributed by atoms with van der Waals surface area (Å²) < 4.78 is 13.1. The number of halogens is 2. The molecular weight excluding hydrogens is 283 g/mol. The Morgan fingerprint density at radius 3 is 2.68 bits per heavy atom. The zero-order valence-electron chi connectivity index (χ0n) is 9.99. The predicted molar refractivity (Wildman–Crippen MR) is 81.1 cm³/mol. The zero-order chi connectivity index (χ0) is 13.8. The first-order chi connectivity index (χ1) is 9.08. The quantitative estimate of drug-likeness (QED) is 0.844. The lowest BCUT2D eigenvalue weighted by Gasteiger charge is -2.12. The Morgan fingerprint density at radius 1 is 1.26 bits per heavy atom. The Morgan fingerprint density at radius 2 is 2.00 bits per heavy atom. The van der Waals surface area contributed by atoms with Crippen molar-refractivity contribution in [3.05, 3.63) is 64.4 Å². The largest absolute Gasteiger partial charge is 0.389 e. The summed E-state index contributed by atoms with van der Waals surface area (Å²) in [5.41, 5.74) is 7.83. The van der Waals surface area contributed by atoms with E-state index < -0.39 is 0 Å². The molecule has 0 saturated heterocycles. The van der Waals surface area contributed by atoms with Crippen molar-refractivity contribution in [3.63, 3.8) is 0 Å². The number of nitrogens with one attached hydrogen (secondary N) is 1. The van der Waals surface area contributed by atoms with Crippen molar-refractivity contribution < 1.29 is 4.39 Å². The van der Waals surface area contributed by atoms with E-state index in [1.807, 2.05) is 12.1 Å². The average Bonchev–Trinajstić information content (AvgIpc) is 2.36. The van der Waals surface area contributed by atoms with Crippen molar-refractivity contribution in [1.82, 2.24) is 0 Å². The van der Waals surface area contributed by atoms with E-state index >= 15 is 0 Å². The van der Waals surface area contributed by atoms with Crippen LogP contribution in [0.2, 0.25) is 5.02 Å². The van der Waals surface area contributed by atoms with Crippen molar-refractivity contribution in [2.24, 2.45) is 5.73 Å². The highest BCUT2D eigenvalue weighted by atomic mass is 35.5. The van der Waals surface area contributed by atoms with Crippen LogP contribution in [0.3, 0.4) is 0 Å². The summed E-state index contributed by atoms with van der Waals surface area (Å²) in [4.78, 5) is 0.229. The fourth-order valence-corrected chi connectivity index (χ4v) is 2.32. The molecule has 5 heteroatoms. The highest BCUT2D eigenvalue weighted by Gasteiger charge is 2.09. The van der Waals surface area contributed by atoms with E-state index in [0.717, 1.165) is 11.3 Å². The standard InChI is InChI=1S/C14H12ClFN2S/c15-11-5-2-6-12(13(11)14(17)19)18-8-9-3-1-4-10(16)7-9/h1-7,18H,8H2,(H2,17,19). The van der Waals surface area contributed by atoms with Gasteiger partial charge in [-0.05, 0) is 29.8 Å². The molecule has 0 aliphatic carbocycles. The third kappa shape index (κ3) is 3.43. The molecule has 0 aliphatic heterocycles. The summed E-state index contributed by atoms with van der Waals surface area (Å²) in [6.07, 6.45) is 0. The topological polar surface area (TPSA) is 38.0 Å². The van der Waals surface area contributed by atoms with Gasteiger partial charge in [0.05, 0.1) is 10.6 Å². The van der Waals surface area contributed by atoms with Crippen LogP contribution >= 0.6 is 23.8 Å². The molecule has 3 N–H and O–H groups in total. The predicted octanol–water partition coefficient (Wildman–Crippen LogP) is 3.73. The van der Waals surface area contributed by atoms with Crippen LogP contribution in [0.25, 0.3) is 0 Å². The molecule has 2 aromatic carbocycles. The number of anilines is 1. The molecule has 2 rings (SSSR count). The molecule has 2 aromatic rings. The summed E-state index contributed by atoms with van der Waals surface area (Å²) in [7, 11) is 0. The molecule has 0 amide bonds. The van der Waals surface area contributed by atoms with Crippen molar-refractivity contribution in [1.29, 1.82) is 0 Å². The molecule has 2 nitrogen and oxygen atoms in total. The molecule has 0 bridgehead atoms. The number of hydrogen-bond donors (Lipinski definition) is 2. The summed E-state index contributed by atoms with van der Waals surface area (Å²) >= 11 is 11.0. The van der Waals surface area contributed by atoms with Gasteiger partial charge >= 0.3 is 0 Å². The third-order valence-electron chi connectivity index (χ3n) is 2.63. The minimum atomic E-state index is -0.264. The van der Waals surface area contributed by atoms with Crippen LogP contribution in [0.15, 0.2) is 42.5 Å². The summed E-state index contributed by atoms with van der Waals surface area (Å²) in [5.74, 6) is -0.264. The van der Waals surface area contributed by atoms with Crippen molar-refractivity contribution in [2.45, 2.75) is 6.54 Å². The van der Waals surface area contributed by atoms with Gasteiger partial charge in [0.2, 0.25) is 0 Å². The molecule has 0 atom stereocenters. The minimum absolute atomic E-state index is 0.229. The Hall–Kier alpha value is -1.65. The molecule has 0 spiro atoms. The van der Waals surface area contributed by atoms with Crippen molar-refractivity contribution in [3.8, 4) is 0 Å². The van der Waals surface area contributed by atoms with E-state index in [0.29, 0.717) is 17.1 Å². The first-order valence-electron chi connectivity index (χ1n) is 5.64. The molecule has 0 unspecified atom stereocenters. The molecule has 0 aromatic heterocycles. The van der Waals surface area contributed by atoms with E-state index in [1.54, 1.807) is 18.2 Å². The molecule has 98 valence electrons. The Kier molecular flexibility index (Phi) is 4.35. The highest BCUT2D eigenvalue weighted by molar-refractivity contribution is 7.80. The molecule has 0 saturated carbocycles. The van der Waals surface area contributed by atoms with Gasteiger partial charge < -0.3 is 11.1 Å². The van der Waals surface area contributed by atoms with Gasteiger partial charge in [-0.3, -0.25) is 0 Å². The smallest absolute Gasteiger partial charge is 0.123 e. The lowest BCUT2D eigenvalue weighted by molar-refractivity contribution is 0.626. The minimum Gasteiger partial charge on any atom is -0.389 e. The van der Waals surface area contributed by atoms with Crippen LogP contribution in [0.1, 0.15) is 11.1 Å². The van der Waals surface area contributed by atoms with E-state index in [-0.39, 0.29) is 10.8 Å². The van der Waals surface area contributed by atoms with E-state index in [9.17, 15) is 4.39 Å². The third-order valence-corrected chi connectivity index (χ3v) is 3.15. The van der Waals surface area contributed by atoms with Gasteiger partial charge in [-0.25, -0.2) is 4.39 Å². The molecular formula is C14H12ClFN2S. The molecule has 0 heterocycles.